The summed E-state index contributed by atoms with van der Waals surface area (Å²) in [4.78, 5) is 2.47. The number of nitrogens with zero attached hydrogens (tertiary/aromatic N) is 1. The third-order valence-corrected chi connectivity index (χ3v) is 15.7. The van der Waals surface area contributed by atoms with Crippen molar-refractivity contribution in [1.29, 1.82) is 0 Å². The highest BCUT2D eigenvalue weighted by Gasteiger charge is 2.37. The first-order valence-electron chi connectivity index (χ1n) is 20.7. The van der Waals surface area contributed by atoms with Gasteiger partial charge in [-0.2, -0.15) is 0 Å². The minimum Gasteiger partial charge on any atom is -0.310 e. The molecular formula is C50H65NP+. The quantitative estimate of drug-likeness (QED) is 0.0482. The molecule has 1 nitrogen and oxygen atoms in total. The predicted molar refractivity (Wildman–Crippen MR) is 234 cm³/mol. The number of unbranched alkanes of at least 4 members (excludes halogenated alkanes) is 10. The van der Waals surface area contributed by atoms with Crippen LogP contribution in [-0.2, 0) is 6.16 Å². The van der Waals surface area contributed by atoms with Gasteiger partial charge in [-0.05, 0) is 103 Å². The zero-order valence-corrected chi connectivity index (χ0v) is 33.5. The lowest BCUT2D eigenvalue weighted by Crippen LogP contribution is -2.14. The molecule has 0 aliphatic rings. The first-order chi connectivity index (χ1) is 25.7. The molecule has 0 radical (unpaired) electrons. The molecule has 0 unspecified atom stereocenters. The van der Waals surface area contributed by atoms with Crippen LogP contribution in [0.15, 0.2) is 133 Å². The SMILES string of the molecule is CCCCCCC[P+](CCCCCC)(CCCCCC)Cc1cc(N(c2ccccc2)c2ccc(-c3ccccc3)cc2)ccc1-c1ccccc1. The average molecular weight is 711 g/mol. The molecule has 0 aromatic heterocycles. The number of rotatable bonds is 23. The smallest absolute Gasteiger partial charge is 0.0849 e. The molecule has 0 spiro atoms. The number of para-hydroxylation sites is 1. The lowest BCUT2D eigenvalue weighted by Gasteiger charge is -2.31. The van der Waals surface area contributed by atoms with E-state index >= 15 is 0 Å². The molecule has 0 aliphatic heterocycles. The van der Waals surface area contributed by atoms with Gasteiger partial charge in [0.25, 0.3) is 0 Å². The van der Waals surface area contributed by atoms with Gasteiger partial charge in [0.1, 0.15) is 0 Å². The van der Waals surface area contributed by atoms with Gasteiger partial charge in [0.2, 0.25) is 0 Å². The van der Waals surface area contributed by atoms with Gasteiger partial charge in [-0.15, -0.1) is 0 Å². The molecule has 2 heteroatoms. The van der Waals surface area contributed by atoms with Crippen LogP contribution in [0.3, 0.4) is 0 Å². The van der Waals surface area contributed by atoms with Gasteiger partial charge in [0, 0.05) is 24.3 Å². The fourth-order valence-electron chi connectivity index (χ4n) is 7.94. The molecule has 0 saturated carbocycles. The van der Waals surface area contributed by atoms with E-state index in [2.05, 4.69) is 159 Å². The maximum Gasteiger partial charge on any atom is 0.0849 e. The van der Waals surface area contributed by atoms with Crippen LogP contribution in [-0.4, -0.2) is 18.5 Å². The Kier molecular flexibility index (Phi) is 16.5. The highest BCUT2D eigenvalue weighted by molar-refractivity contribution is 7.75. The summed E-state index contributed by atoms with van der Waals surface area (Å²) in [5.74, 6) is 0. The maximum absolute atomic E-state index is 2.59. The largest absolute Gasteiger partial charge is 0.310 e. The molecule has 0 aliphatic carbocycles. The number of hydrogen-bond donors (Lipinski definition) is 0. The van der Waals surface area contributed by atoms with Crippen LogP contribution in [0.1, 0.15) is 110 Å². The van der Waals surface area contributed by atoms with Crippen molar-refractivity contribution in [3.8, 4) is 22.3 Å². The summed E-state index contributed by atoms with van der Waals surface area (Å²) in [6.45, 7) is 7.05. The zero-order valence-electron chi connectivity index (χ0n) is 32.6. The fourth-order valence-corrected chi connectivity index (χ4v) is 12.8. The Morgan fingerprint density at radius 3 is 1.35 bits per heavy atom. The summed E-state index contributed by atoms with van der Waals surface area (Å²) in [7, 11) is -1.25. The van der Waals surface area contributed by atoms with E-state index in [-0.39, 0.29) is 0 Å². The Labute approximate surface area is 318 Å². The zero-order chi connectivity index (χ0) is 36.3. The van der Waals surface area contributed by atoms with E-state index in [1.807, 2.05) is 0 Å². The molecule has 52 heavy (non-hydrogen) atoms. The van der Waals surface area contributed by atoms with Crippen molar-refractivity contribution in [3.05, 3.63) is 139 Å². The van der Waals surface area contributed by atoms with E-state index < -0.39 is 7.26 Å². The van der Waals surface area contributed by atoms with Crippen LogP contribution in [0.2, 0.25) is 0 Å². The monoisotopic (exact) mass is 710 g/mol. The standard InChI is InChI=1S/C50H65NP/c1-4-7-10-13-25-40-52(38-23-11-8-5-2,39-24-12-9-6-3)42-46-41-49(36-37-50(46)45-28-19-15-20-29-45)51(47-30-21-16-22-31-47)48-34-32-44(33-35-48)43-26-17-14-18-27-43/h14-22,26-37,41H,4-13,23-25,38-40,42H2,1-3H3/q+1. The van der Waals surface area contributed by atoms with Gasteiger partial charge < -0.3 is 4.90 Å². The summed E-state index contributed by atoms with van der Waals surface area (Å²) in [6.07, 6.45) is 23.4. The molecule has 0 bridgehead atoms. The summed E-state index contributed by atoms with van der Waals surface area (Å²) >= 11 is 0. The topological polar surface area (TPSA) is 3.24 Å². The Bertz CT molecular complexity index is 1670. The first-order valence-corrected chi connectivity index (χ1v) is 23.2. The van der Waals surface area contributed by atoms with Crippen LogP contribution in [0.25, 0.3) is 22.3 Å². The number of anilines is 3. The van der Waals surface area contributed by atoms with E-state index in [4.69, 9.17) is 0 Å². The van der Waals surface area contributed by atoms with Gasteiger partial charge in [0.15, 0.2) is 0 Å². The second kappa shape index (κ2) is 21.8. The van der Waals surface area contributed by atoms with Crippen LogP contribution < -0.4 is 4.90 Å². The molecule has 5 aromatic rings. The van der Waals surface area contributed by atoms with Crippen LogP contribution in [0.5, 0.6) is 0 Å². The molecule has 5 aromatic carbocycles. The molecule has 0 amide bonds. The number of hydrogen-bond acceptors (Lipinski definition) is 1. The van der Waals surface area contributed by atoms with Crippen molar-refractivity contribution in [2.75, 3.05) is 23.4 Å². The third kappa shape index (κ3) is 11.7. The molecule has 5 rings (SSSR count). The lowest BCUT2D eigenvalue weighted by atomic mass is 9.99. The minimum absolute atomic E-state index is 1.19. The summed E-state index contributed by atoms with van der Waals surface area (Å²) < 4.78 is 0. The van der Waals surface area contributed by atoms with E-state index in [1.165, 1.54) is 147 Å². The second-order valence-electron chi connectivity index (χ2n) is 15.0. The van der Waals surface area contributed by atoms with Gasteiger partial charge in [-0.1, -0.05) is 163 Å². The Morgan fingerprint density at radius 1 is 0.385 bits per heavy atom. The highest BCUT2D eigenvalue weighted by Crippen LogP contribution is 2.64. The van der Waals surface area contributed by atoms with E-state index in [0.29, 0.717) is 0 Å². The van der Waals surface area contributed by atoms with Crippen LogP contribution >= 0.6 is 7.26 Å². The molecule has 0 fully saturated rings. The molecule has 274 valence electrons. The summed E-state index contributed by atoms with van der Waals surface area (Å²) in [5, 5.41) is 0. The Hall–Kier alpha value is -3.67. The Balaban J connectivity index is 1.58. The predicted octanol–water partition coefficient (Wildman–Crippen LogP) is 16.1. The second-order valence-corrected chi connectivity index (χ2v) is 19.3. The highest BCUT2D eigenvalue weighted by atomic mass is 31.2. The summed E-state index contributed by atoms with van der Waals surface area (Å²) in [6, 6.07) is 49.5. The van der Waals surface area contributed by atoms with Gasteiger partial charge in [-0.25, -0.2) is 0 Å². The Morgan fingerprint density at radius 2 is 0.808 bits per heavy atom. The first kappa shape index (κ1) is 39.5. The van der Waals surface area contributed by atoms with Crippen LogP contribution in [0, 0.1) is 0 Å². The van der Waals surface area contributed by atoms with Crippen molar-refractivity contribution in [1.82, 2.24) is 0 Å². The molecule has 0 heterocycles. The van der Waals surface area contributed by atoms with Gasteiger partial charge in [0.05, 0.1) is 24.6 Å². The van der Waals surface area contributed by atoms with Gasteiger partial charge >= 0.3 is 0 Å². The van der Waals surface area contributed by atoms with E-state index in [9.17, 15) is 0 Å². The summed E-state index contributed by atoms with van der Waals surface area (Å²) in [5.41, 5.74) is 10.5. The van der Waals surface area contributed by atoms with Crippen LogP contribution in [0.4, 0.5) is 17.1 Å². The molecule has 0 atom stereocenters. The van der Waals surface area contributed by atoms with Crippen molar-refractivity contribution in [3.63, 3.8) is 0 Å². The maximum atomic E-state index is 2.59. The van der Waals surface area contributed by atoms with Crippen molar-refractivity contribution in [2.45, 2.75) is 110 Å². The molecule has 0 N–H and O–H groups in total. The average Bonchev–Trinajstić information content (AvgIpc) is 3.20. The van der Waals surface area contributed by atoms with Gasteiger partial charge in [-0.3, -0.25) is 0 Å². The van der Waals surface area contributed by atoms with E-state index in [1.54, 1.807) is 5.56 Å². The van der Waals surface area contributed by atoms with Crippen molar-refractivity contribution < 1.29 is 0 Å². The molecule has 0 saturated heterocycles. The minimum atomic E-state index is -1.25. The normalized spacial score (nSPS) is 11.5. The van der Waals surface area contributed by atoms with Crippen molar-refractivity contribution >= 4 is 24.3 Å². The number of benzene rings is 5. The van der Waals surface area contributed by atoms with E-state index in [0.717, 1.165) is 0 Å². The fraction of sp³-hybridized carbons (Fsp3) is 0.400. The third-order valence-electron chi connectivity index (χ3n) is 10.9. The lowest BCUT2D eigenvalue weighted by molar-refractivity contribution is 0.653. The molecular weight excluding hydrogens is 646 g/mol. The van der Waals surface area contributed by atoms with Crippen molar-refractivity contribution in [2.24, 2.45) is 0 Å².